The lowest BCUT2D eigenvalue weighted by atomic mass is 10.2. The van der Waals surface area contributed by atoms with Crippen LogP contribution in [0, 0.1) is 0 Å². The van der Waals surface area contributed by atoms with Gasteiger partial charge >= 0.3 is 5.97 Å². The number of pyridine rings is 1. The van der Waals surface area contributed by atoms with Crippen LogP contribution in [0.3, 0.4) is 0 Å². The van der Waals surface area contributed by atoms with Crippen molar-refractivity contribution in [1.82, 2.24) is 10.3 Å². The summed E-state index contributed by atoms with van der Waals surface area (Å²) in [4.78, 5) is 27.2. The first-order valence-corrected chi connectivity index (χ1v) is 5.96. The maximum atomic E-state index is 11.9. The number of nitrogens with zero attached hydrogens (tertiary/aromatic N) is 1. The molecule has 18 heavy (non-hydrogen) atoms. The average molecular weight is 313 g/mol. The molecule has 0 aromatic carbocycles. The van der Waals surface area contributed by atoms with Gasteiger partial charge in [0.1, 0.15) is 6.04 Å². The zero-order chi connectivity index (χ0) is 13.5. The fraction of sp³-hybridized carbons (Fsp3) is 0.250. The first-order valence-electron chi connectivity index (χ1n) is 5.16. The summed E-state index contributed by atoms with van der Waals surface area (Å²) < 4.78 is 5.22. The molecule has 1 rings (SSSR count). The van der Waals surface area contributed by atoms with Crippen LogP contribution in [0.1, 0.15) is 16.8 Å². The molecule has 0 radical (unpaired) electrons. The first-order chi connectivity index (χ1) is 8.54. The van der Waals surface area contributed by atoms with Crippen LogP contribution in [-0.4, -0.2) is 30.0 Å². The van der Waals surface area contributed by atoms with Gasteiger partial charge in [-0.15, -0.1) is 0 Å². The molecule has 0 aliphatic carbocycles. The second kappa shape index (κ2) is 6.90. The molecule has 0 saturated heterocycles. The van der Waals surface area contributed by atoms with E-state index in [9.17, 15) is 9.59 Å². The van der Waals surface area contributed by atoms with Gasteiger partial charge < -0.3 is 10.1 Å². The molecule has 5 nitrogen and oxygen atoms in total. The molecule has 0 spiro atoms. The molecule has 1 heterocycles. The van der Waals surface area contributed by atoms with E-state index in [1.54, 1.807) is 18.3 Å². The van der Waals surface area contributed by atoms with Gasteiger partial charge in [0.15, 0.2) is 0 Å². The van der Waals surface area contributed by atoms with Crippen molar-refractivity contribution in [3.05, 3.63) is 41.2 Å². The molecule has 1 aromatic rings. The highest BCUT2D eigenvalue weighted by molar-refractivity contribution is 9.11. The molecule has 0 fully saturated rings. The van der Waals surface area contributed by atoms with Crippen molar-refractivity contribution in [2.45, 2.75) is 12.5 Å². The predicted molar refractivity (Wildman–Crippen MR) is 70.2 cm³/mol. The third-order valence-electron chi connectivity index (χ3n) is 2.14. The summed E-state index contributed by atoms with van der Waals surface area (Å²) in [7, 11) is 1.27. The number of carbonyl (C=O) groups excluding carboxylic acids is 2. The van der Waals surface area contributed by atoms with E-state index in [1.807, 2.05) is 0 Å². The Labute approximate surface area is 113 Å². The number of halogens is 1. The SMILES string of the molecule is C=C(Br)C[C@H](NC(=O)c1cccnc1)C(=O)OC. The smallest absolute Gasteiger partial charge is 0.328 e. The lowest BCUT2D eigenvalue weighted by molar-refractivity contribution is -0.142. The van der Waals surface area contributed by atoms with Gasteiger partial charge in [0.2, 0.25) is 0 Å². The minimum Gasteiger partial charge on any atom is -0.467 e. The predicted octanol–water partition coefficient (Wildman–Crippen LogP) is 1.65. The highest BCUT2D eigenvalue weighted by Gasteiger charge is 2.22. The van der Waals surface area contributed by atoms with Crippen molar-refractivity contribution in [1.29, 1.82) is 0 Å². The minimum atomic E-state index is -0.769. The van der Waals surface area contributed by atoms with Crippen LogP contribution >= 0.6 is 15.9 Å². The third kappa shape index (κ3) is 4.29. The van der Waals surface area contributed by atoms with Gasteiger partial charge in [-0.1, -0.05) is 22.5 Å². The zero-order valence-corrected chi connectivity index (χ0v) is 11.4. The van der Waals surface area contributed by atoms with Crippen molar-refractivity contribution in [3.63, 3.8) is 0 Å². The number of rotatable bonds is 5. The van der Waals surface area contributed by atoms with Crippen LogP contribution < -0.4 is 5.32 Å². The summed E-state index contributed by atoms with van der Waals surface area (Å²) in [6, 6.07) is 2.49. The molecule has 0 saturated carbocycles. The summed E-state index contributed by atoms with van der Waals surface area (Å²) in [6.07, 6.45) is 3.25. The zero-order valence-electron chi connectivity index (χ0n) is 9.85. The number of carbonyl (C=O) groups is 2. The maximum absolute atomic E-state index is 11.9. The summed E-state index contributed by atoms with van der Waals surface area (Å²) in [5, 5.41) is 2.57. The van der Waals surface area contributed by atoms with Crippen molar-refractivity contribution in [3.8, 4) is 0 Å². The molecule has 6 heteroatoms. The number of ether oxygens (including phenoxy) is 1. The lowest BCUT2D eigenvalue weighted by Gasteiger charge is -2.15. The number of amides is 1. The lowest BCUT2D eigenvalue weighted by Crippen LogP contribution is -2.41. The Morgan fingerprint density at radius 1 is 1.61 bits per heavy atom. The van der Waals surface area contributed by atoms with Gasteiger partial charge in [-0.2, -0.15) is 0 Å². The first kappa shape index (κ1) is 14.4. The van der Waals surface area contributed by atoms with E-state index in [0.717, 1.165) is 0 Å². The molecular weight excluding hydrogens is 300 g/mol. The summed E-state index contributed by atoms with van der Waals surface area (Å²) in [6.45, 7) is 3.64. The molecule has 0 bridgehead atoms. The minimum absolute atomic E-state index is 0.263. The molecular formula is C12H13BrN2O3. The van der Waals surface area contributed by atoms with E-state index < -0.39 is 12.0 Å². The molecule has 1 aromatic heterocycles. The Bertz CT molecular complexity index is 448. The van der Waals surface area contributed by atoms with Crippen LogP contribution in [0.2, 0.25) is 0 Å². The largest absolute Gasteiger partial charge is 0.467 e. The number of hydrogen-bond acceptors (Lipinski definition) is 4. The van der Waals surface area contributed by atoms with Gasteiger partial charge in [-0.25, -0.2) is 4.79 Å². The van der Waals surface area contributed by atoms with Crippen LogP contribution in [0.15, 0.2) is 35.6 Å². The Morgan fingerprint density at radius 3 is 2.83 bits per heavy atom. The number of methoxy groups -OCH3 is 1. The fourth-order valence-corrected chi connectivity index (χ4v) is 1.62. The quantitative estimate of drug-likeness (QED) is 0.839. The van der Waals surface area contributed by atoms with E-state index in [2.05, 4.69) is 37.5 Å². The van der Waals surface area contributed by atoms with Crippen LogP contribution in [0.4, 0.5) is 0 Å². The maximum Gasteiger partial charge on any atom is 0.328 e. The van der Waals surface area contributed by atoms with Crippen molar-refractivity contribution < 1.29 is 14.3 Å². The highest BCUT2D eigenvalue weighted by atomic mass is 79.9. The Hall–Kier alpha value is -1.69. The van der Waals surface area contributed by atoms with Gasteiger partial charge in [-0.05, 0) is 16.6 Å². The van der Waals surface area contributed by atoms with Crippen LogP contribution in [0.5, 0.6) is 0 Å². The van der Waals surface area contributed by atoms with Crippen LogP contribution in [-0.2, 0) is 9.53 Å². The highest BCUT2D eigenvalue weighted by Crippen LogP contribution is 2.11. The van der Waals surface area contributed by atoms with Gasteiger partial charge in [0.05, 0.1) is 12.7 Å². The average Bonchev–Trinajstić information content (AvgIpc) is 2.37. The number of hydrogen-bond donors (Lipinski definition) is 1. The Kier molecular flexibility index (Phi) is 5.51. The molecule has 0 aliphatic heterocycles. The van der Waals surface area contributed by atoms with E-state index in [4.69, 9.17) is 0 Å². The van der Waals surface area contributed by atoms with E-state index >= 15 is 0 Å². The topological polar surface area (TPSA) is 68.3 Å². The van der Waals surface area contributed by atoms with Crippen molar-refractivity contribution in [2.24, 2.45) is 0 Å². The Morgan fingerprint density at radius 2 is 2.33 bits per heavy atom. The van der Waals surface area contributed by atoms with E-state index in [0.29, 0.717) is 10.0 Å². The second-order valence-corrected chi connectivity index (χ2v) is 4.63. The number of esters is 1. The molecule has 0 unspecified atom stereocenters. The third-order valence-corrected chi connectivity index (χ3v) is 2.46. The molecule has 1 atom stereocenters. The summed E-state index contributed by atoms with van der Waals surface area (Å²) in [5.74, 6) is -0.903. The molecule has 1 N–H and O–H groups in total. The van der Waals surface area contributed by atoms with Gasteiger partial charge in [0, 0.05) is 18.8 Å². The molecule has 0 aliphatic rings. The molecule has 1 amide bonds. The monoisotopic (exact) mass is 312 g/mol. The summed E-state index contributed by atoms with van der Waals surface area (Å²) >= 11 is 3.15. The normalized spacial score (nSPS) is 11.4. The summed E-state index contributed by atoms with van der Waals surface area (Å²) in [5.41, 5.74) is 0.381. The van der Waals surface area contributed by atoms with Gasteiger partial charge in [0.25, 0.3) is 5.91 Å². The van der Waals surface area contributed by atoms with Gasteiger partial charge in [-0.3, -0.25) is 9.78 Å². The molecule has 96 valence electrons. The van der Waals surface area contributed by atoms with Crippen LogP contribution in [0.25, 0.3) is 0 Å². The Balaban J connectivity index is 2.74. The van der Waals surface area contributed by atoms with Crippen molar-refractivity contribution in [2.75, 3.05) is 7.11 Å². The second-order valence-electron chi connectivity index (χ2n) is 3.51. The standard InChI is InChI=1S/C12H13BrN2O3/c1-8(13)6-10(12(17)18-2)15-11(16)9-4-3-5-14-7-9/h3-5,7,10H,1,6H2,2H3,(H,15,16)/t10-/m0/s1. The van der Waals surface area contributed by atoms with E-state index in [-0.39, 0.29) is 12.3 Å². The van der Waals surface area contributed by atoms with E-state index in [1.165, 1.54) is 13.3 Å². The fourth-order valence-electron chi connectivity index (χ4n) is 1.30. The number of nitrogens with one attached hydrogen (secondary N) is 1. The van der Waals surface area contributed by atoms with Crippen molar-refractivity contribution >= 4 is 27.8 Å². The number of aromatic nitrogens is 1.